The first-order chi connectivity index (χ1) is 8.74. The molecule has 0 radical (unpaired) electrons. The Labute approximate surface area is 108 Å². The van der Waals surface area contributed by atoms with E-state index in [0.717, 1.165) is 13.0 Å². The summed E-state index contributed by atoms with van der Waals surface area (Å²) >= 11 is 0. The summed E-state index contributed by atoms with van der Waals surface area (Å²) in [4.78, 5) is 12.2. The maximum Gasteiger partial charge on any atom is 0.237 e. The fraction of sp³-hybridized carbons (Fsp3) is 0.533. The van der Waals surface area contributed by atoms with Crippen LogP contribution in [0.5, 0.6) is 0 Å². The highest BCUT2D eigenvalue weighted by Crippen LogP contribution is 2.32. The molecule has 3 rings (SSSR count). The fourth-order valence-corrected chi connectivity index (χ4v) is 2.68. The number of amides is 1. The molecule has 1 saturated carbocycles. The van der Waals surface area contributed by atoms with Gasteiger partial charge in [0, 0.05) is 12.6 Å². The zero-order valence-corrected chi connectivity index (χ0v) is 10.8. The van der Waals surface area contributed by atoms with Crippen molar-refractivity contribution in [2.45, 2.75) is 44.8 Å². The number of rotatable bonds is 3. The molecule has 2 aliphatic rings. The van der Waals surface area contributed by atoms with E-state index in [9.17, 15) is 4.79 Å². The van der Waals surface area contributed by atoms with Gasteiger partial charge >= 0.3 is 0 Å². The summed E-state index contributed by atoms with van der Waals surface area (Å²) in [6.07, 6.45) is 3.34. The third-order valence-corrected chi connectivity index (χ3v) is 4.10. The van der Waals surface area contributed by atoms with Gasteiger partial charge in [-0.2, -0.15) is 0 Å². The lowest BCUT2D eigenvalue weighted by Crippen LogP contribution is -2.50. The molecule has 1 amide bonds. The van der Waals surface area contributed by atoms with E-state index in [4.69, 9.17) is 0 Å². The number of hydrogen-bond donors (Lipinski definition) is 2. The predicted molar refractivity (Wildman–Crippen MR) is 71.1 cm³/mol. The van der Waals surface area contributed by atoms with E-state index in [1.165, 1.54) is 24.0 Å². The monoisotopic (exact) mass is 244 g/mol. The van der Waals surface area contributed by atoms with Gasteiger partial charge in [0.05, 0.1) is 6.04 Å². The summed E-state index contributed by atoms with van der Waals surface area (Å²) in [6.45, 7) is 2.92. The second-order valence-corrected chi connectivity index (χ2v) is 5.54. The highest BCUT2D eigenvalue weighted by atomic mass is 16.2. The molecule has 3 heteroatoms. The molecule has 0 bridgehead atoms. The van der Waals surface area contributed by atoms with Crippen molar-refractivity contribution in [1.29, 1.82) is 0 Å². The van der Waals surface area contributed by atoms with Gasteiger partial charge in [-0.25, -0.2) is 0 Å². The summed E-state index contributed by atoms with van der Waals surface area (Å²) in [5, 5.41) is 6.47. The van der Waals surface area contributed by atoms with E-state index >= 15 is 0 Å². The molecular weight excluding hydrogens is 224 g/mol. The van der Waals surface area contributed by atoms with Crippen LogP contribution < -0.4 is 10.6 Å². The van der Waals surface area contributed by atoms with Crippen LogP contribution >= 0.6 is 0 Å². The molecule has 0 saturated heterocycles. The van der Waals surface area contributed by atoms with Gasteiger partial charge in [0.15, 0.2) is 0 Å². The summed E-state index contributed by atoms with van der Waals surface area (Å²) in [5.41, 5.74) is 2.62. The highest BCUT2D eigenvalue weighted by molar-refractivity contribution is 5.82. The van der Waals surface area contributed by atoms with Crippen molar-refractivity contribution in [2.75, 3.05) is 0 Å². The highest BCUT2D eigenvalue weighted by Gasteiger charge is 2.31. The molecule has 1 unspecified atom stereocenters. The van der Waals surface area contributed by atoms with Crippen molar-refractivity contribution >= 4 is 5.91 Å². The Balaban J connectivity index is 1.62. The maximum absolute atomic E-state index is 12.2. The SMILES string of the molecule is CC(NC(=O)[C@@H]1Cc2ccccc2CN1)C1CC1. The molecule has 1 fully saturated rings. The molecule has 0 spiro atoms. The standard InChI is InChI=1S/C15H20N2O/c1-10(11-6-7-11)17-15(18)14-8-12-4-2-3-5-13(12)9-16-14/h2-5,10-11,14,16H,6-9H2,1H3,(H,17,18)/t10?,14-/m0/s1. The third kappa shape index (κ3) is 2.41. The van der Waals surface area contributed by atoms with Gasteiger partial charge in [0.25, 0.3) is 0 Å². The molecule has 1 aliphatic heterocycles. The zero-order chi connectivity index (χ0) is 12.5. The summed E-state index contributed by atoms with van der Waals surface area (Å²) in [6, 6.07) is 8.61. The van der Waals surface area contributed by atoms with Crippen LogP contribution in [0.15, 0.2) is 24.3 Å². The van der Waals surface area contributed by atoms with E-state index in [-0.39, 0.29) is 11.9 Å². The molecule has 2 atom stereocenters. The van der Waals surface area contributed by atoms with Gasteiger partial charge in [0.2, 0.25) is 5.91 Å². The molecule has 2 N–H and O–H groups in total. The molecule has 0 aromatic heterocycles. The Morgan fingerprint density at radius 2 is 2.06 bits per heavy atom. The topological polar surface area (TPSA) is 41.1 Å². The molecule has 1 aliphatic carbocycles. The minimum Gasteiger partial charge on any atom is -0.352 e. The first kappa shape index (κ1) is 11.7. The minimum absolute atomic E-state index is 0.0684. The third-order valence-electron chi connectivity index (χ3n) is 4.10. The Morgan fingerprint density at radius 3 is 2.78 bits per heavy atom. The fourth-order valence-electron chi connectivity index (χ4n) is 2.68. The average molecular weight is 244 g/mol. The van der Waals surface area contributed by atoms with Crippen molar-refractivity contribution in [3.05, 3.63) is 35.4 Å². The molecule has 1 aromatic rings. The van der Waals surface area contributed by atoms with Gasteiger partial charge < -0.3 is 10.6 Å². The Hall–Kier alpha value is -1.35. The van der Waals surface area contributed by atoms with Gasteiger partial charge in [-0.15, -0.1) is 0 Å². The summed E-state index contributed by atoms with van der Waals surface area (Å²) in [7, 11) is 0. The molecule has 3 nitrogen and oxygen atoms in total. The van der Waals surface area contributed by atoms with E-state index in [1.807, 2.05) is 6.07 Å². The Bertz CT molecular complexity index is 454. The summed E-state index contributed by atoms with van der Waals surface area (Å²) in [5.74, 6) is 0.869. The number of carbonyl (C=O) groups is 1. The van der Waals surface area contributed by atoms with Gasteiger partial charge in [0.1, 0.15) is 0 Å². The van der Waals surface area contributed by atoms with Gasteiger partial charge in [-0.3, -0.25) is 4.79 Å². The number of carbonyl (C=O) groups excluding carboxylic acids is 1. The quantitative estimate of drug-likeness (QED) is 0.848. The van der Waals surface area contributed by atoms with Crippen LogP contribution in [0.3, 0.4) is 0 Å². The van der Waals surface area contributed by atoms with Crippen LogP contribution in [0.1, 0.15) is 30.9 Å². The van der Waals surface area contributed by atoms with Crippen LogP contribution in [-0.4, -0.2) is 18.0 Å². The molecule has 18 heavy (non-hydrogen) atoms. The Morgan fingerprint density at radius 1 is 1.33 bits per heavy atom. The number of benzene rings is 1. The summed E-state index contributed by atoms with van der Waals surface area (Å²) < 4.78 is 0. The van der Waals surface area contributed by atoms with Crippen LogP contribution in [0, 0.1) is 5.92 Å². The van der Waals surface area contributed by atoms with Gasteiger partial charge in [-0.05, 0) is 43.2 Å². The van der Waals surface area contributed by atoms with Crippen LogP contribution in [0.4, 0.5) is 0 Å². The second kappa shape index (κ2) is 4.73. The van der Waals surface area contributed by atoms with E-state index in [1.54, 1.807) is 0 Å². The largest absolute Gasteiger partial charge is 0.352 e. The smallest absolute Gasteiger partial charge is 0.237 e. The second-order valence-electron chi connectivity index (χ2n) is 5.54. The van der Waals surface area contributed by atoms with Crippen molar-refractivity contribution in [1.82, 2.24) is 10.6 Å². The number of nitrogens with one attached hydrogen (secondary N) is 2. The number of fused-ring (bicyclic) bond motifs is 1. The van der Waals surface area contributed by atoms with Crippen molar-refractivity contribution in [2.24, 2.45) is 5.92 Å². The normalized spacial score (nSPS) is 24.2. The van der Waals surface area contributed by atoms with E-state index in [2.05, 4.69) is 35.8 Å². The van der Waals surface area contributed by atoms with E-state index in [0.29, 0.717) is 12.0 Å². The first-order valence-corrected chi connectivity index (χ1v) is 6.84. The van der Waals surface area contributed by atoms with Crippen molar-refractivity contribution in [3.63, 3.8) is 0 Å². The molecule has 1 heterocycles. The molecule has 96 valence electrons. The zero-order valence-electron chi connectivity index (χ0n) is 10.8. The molecular formula is C15H20N2O. The van der Waals surface area contributed by atoms with Crippen molar-refractivity contribution < 1.29 is 4.79 Å². The first-order valence-electron chi connectivity index (χ1n) is 6.84. The lowest BCUT2D eigenvalue weighted by Gasteiger charge is -2.26. The number of hydrogen-bond acceptors (Lipinski definition) is 2. The van der Waals surface area contributed by atoms with Crippen LogP contribution in [0.25, 0.3) is 0 Å². The average Bonchev–Trinajstić information content (AvgIpc) is 3.22. The van der Waals surface area contributed by atoms with Crippen LogP contribution in [-0.2, 0) is 17.8 Å². The minimum atomic E-state index is -0.0684. The Kier molecular flexibility index (Phi) is 3.08. The van der Waals surface area contributed by atoms with Crippen molar-refractivity contribution in [3.8, 4) is 0 Å². The van der Waals surface area contributed by atoms with E-state index < -0.39 is 0 Å². The maximum atomic E-state index is 12.2. The lowest BCUT2D eigenvalue weighted by atomic mass is 9.95. The predicted octanol–water partition coefficient (Wildman–Crippen LogP) is 1.62. The molecule has 1 aromatic carbocycles. The lowest BCUT2D eigenvalue weighted by molar-refractivity contribution is -0.124. The van der Waals surface area contributed by atoms with Gasteiger partial charge in [-0.1, -0.05) is 24.3 Å². The van der Waals surface area contributed by atoms with Crippen LogP contribution in [0.2, 0.25) is 0 Å².